The van der Waals surface area contributed by atoms with Crippen molar-refractivity contribution in [2.45, 2.75) is 19.8 Å². The van der Waals surface area contributed by atoms with Gasteiger partial charge in [0.05, 0.1) is 0 Å². The first-order valence-electron chi connectivity index (χ1n) is 8.21. The molecule has 3 rings (SSSR count). The van der Waals surface area contributed by atoms with E-state index in [4.69, 9.17) is 0 Å². The van der Waals surface area contributed by atoms with E-state index in [-0.39, 0.29) is 17.7 Å². The number of anilines is 1. The lowest BCUT2D eigenvalue weighted by atomic mass is 9.95. The van der Waals surface area contributed by atoms with Gasteiger partial charge in [0, 0.05) is 64.5 Å². The molecule has 0 saturated carbocycles. The van der Waals surface area contributed by atoms with E-state index in [0.29, 0.717) is 26.2 Å². The van der Waals surface area contributed by atoms with Crippen molar-refractivity contribution in [1.29, 1.82) is 0 Å². The minimum atomic E-state index is 0.0823. The molecule has 7 heteroatoms. The summed E-state index contributed by atoms with van der Waals surface area (Å²) in [4.78, 5) is 38.4. The van der Waals surface area contributed by atoms with Crippen molar-refractivity contribution >= 4 is 17.8 Å². The van der Waals surface area contributed by atoms with E-state index >= 15 is 0 Å². The van der Waals surface area contributed by atoms with Crippen LogP contribution in [0.1, 0.15) is 19.8 Å². The first-order chi connectivity index (χ1) is 11.1. The summed E-state index contributed by atoms with van der Waals surface area (Å²) in [5.74, 6) is 1.16. The topological polar surface area (TPSA) is 69.6 Å². The monoisotopic (exact) mass is 317 g/mol. The standard InChI is InChI=1S/C16H23N5O2/c1-13(22)19-9-11-20(12-10-19)15(23)14-3-7-21(8-4-14)16-17-5-2-6-18-16/h2,5-6,14H,3-4,7-12H2,1H3. The maximum Gasteiger partial charge on any atom is 0.225 e. The zero-order chi connectivity index (χ0) is 16.2. The summed E-state index contributed by atoms with van der Waals surface area (Å²) >= 11 is 0. The van der Waals surface area contributed by atoms with E-state index in [1.165, 1.54) is 0 Å². The Hall–Kier alpha value is -2.18. The molecule has 0 bridgehead atoms. The first kappa shape index (κ1) is 15.7. The minimum absolute atomic E-state index is 0.0823. The number of piperidine rings is 1. The van der Waals surface area contributed by atoms with E-state index in [1.807, 2.05) is 4.90 Å². The van der Waals surface area contributed by atoms with Crippen LogP contribution in [0.3, 0.4) is 0 Å². The number of carbonyl (C=O) groups excluding carboxylic acids is 2. The lowest BCUT2D eigenvalue weighted by Gasteiger charge is -2.38. The Morgan fingerprint density at radius 2 is 1.52 bits per heavy atom. The molecule has 0 radical (unpaired) electrons. The fraction of sp³-hybridized carbons (Fsp3) is 0.625. The molecule has 0 atom stereocenters. The largest absolute Gasteiger partial charge is 0.341 e. The molecule has 1 aromatic rings. The Morgan fingerprint density at radius 1 is 0.957 bits per heavy atom. The number of piperazine rings is 1. The zero-order valence-corrected chi connectivity index (χ0v) is 13.5. The van der Waals surface area contributed by atoms with Gasteiger partial charge in [0.25, 0.3) is 0 Å². The van der Waals surface area contributed by atoms with Gasteiger partial charge in [-0.3, -0.25) is 9.59 Å². The zero-order valence-electron chi connectivity index (χ0n) is 13.5. The highest BCUT2D eigenvalue weighted by molar-refractivity contribution is 5.80. The molecule has 124 valence electrons. The molecule has 0 aromatic carbocycles. The van der Waals surface area contributed by atoms with Crippen LogP contribution >= 0.6 is 0 Å². The molecule has 2 saturated heterocycles. The lowest BCUT2D eigenvalue weighted by molar-refractivity contribution is -0.141. The molecule has 2 aliphatic rings. The quantitative estimate of drug-likeness (QED) is 0.789. The molecular weight excluding hydrogens is 294 g/mol. The van der Waals surface area contributed by atoms with Gasteiger partial charge < -0.3 is 14.7 Å². The number of hydrogen-bond acceptors (Lipinski definition) is 5. The summed E-state index contributed by atoms with van der Waals surface area (Å²) in [7, 11) is 0. The van der Waals surface area contributed by atoms with Gasteiger partial charge in [-0.05, 0) is 18.9 Å². The van der Waals surface area contributed by atoms with Crippen LogP contribution in [-0.2, 0) is 9.59 Å². The van der Waals surface area contributed by atoms with Crippen LogP contribution in [0, 0.1) is 5.92 Å². The van der Waals surface area contributed by atoms with Crippen molar-refractivity contribution in [2.75, 3.05) is 44.2 Å². The molecule has 0 N–H and O–H groups in total. The highest BCUT2D eigenvalue weighted by Crippen LogP contribution is 2.22. The van der Waals surface area contributed by atoms with Gasteiger partial charge in [0.2, 0.25) is 17.8 Å². The van der Waals surface area contributed by atoms with Crippen LogP contribution in [0.25, 0.3) is 0 Å². The van der Waals surface area contributed by atoms with Crippen LogP contribution in [0.2, 0.25) is 0 Å². The molecule has 23 heavy (non-hydrogen) atoms. The van der Waals surface area contributed by atoms with Crippen molar-refractivity contribution < 1.29 is 9.59 Å². The van der Waals surface area contributed by atoms with Gasteiger partial charge in [-0.15, -0.1) is 0 Å². The Morgan fingerprint density at radius 3 is 2.09 bits per heavy atom. The second kappa shape index (κ2) is 6.93. The highest BCUT2D eigenvalue weighted by Gasteiger charge is 2.31. The van der Waals surface area contributed by atoms with Gasteiger partial charge in [-0.25, -0.2) is 9.97 Å². The molecular formula is C16H23N5O2. The number of rotatable bonds is 2. The summed E-state index contributed by atoms with van der Waals surface area (Å²) in [5, 5.41) is 0. The van der Waals surface area contributed by atoms with E-state index in [9.17, 15) is 9.59 Å². The fourth-order valence-electron chi connectivity index (χ4n) is 3.28. The molecule has 2 fully saturated rings. The number of nitrogens with zero attached hydrogens (tertiary/aromatic N) is 5. The van der Waals surface area contributed by atoms with E-state index in [2.05, 4.69) is 14.9 Å². The number of carbonyl (C=O) groups is 2. The Kier molecular flexibility index (Phi) is 4.73. The molecule has 0 spiro atoms. The summed E-state index contributed by atoms with van der Waals surface area (Å²) in [6, 6.07) is 1.81. The fourth-order valence-corrected chi connectivity index (χ4v) is 3.28. The maximum atomic E-state index is 12.6. The number of aromatic nitrogens is 2. The van der Waals surface area contributed by atoms with Crippen LogP contribution in [0.4, 0.5) is 5.95 Å². The smallest absolute Gasteiger partial charge is 0.225 e. The van der Waals surface area contributed by atoms with E-state index < -0.39 is 0 Å². The van der Waals surface area contributed by atoms with Gasteiger partial charge in [0.1, 0.15) is 0 Å². The van der Waals surface area contributed by atoms with Gasteiger partial charge in [-0.2, -0.15) is 0 Å². The first-order valence-corrected chi connectivity index (χ1v) is 8.21. The highest BCUT2D eigenvalue weighted by atomic mass is 16.2. The Labute approximate surface area is 136 Å². The van der Waals surface area contributed by atoms with Gasteiger partial charge >= 0.3 is 0 Å². The Bertz CT molecular complexity index is 549. The van der Waals surface area contributed by atoms with Gasteiger partial charge in [0.15, 0.2) is 0 Å². The third-order valence-electron chi connectivity index (χ3n) is 4.72. The normalized spacial score (nSPS) is 19.8. The van der Waals surface area contributed by atoms with E-state index in [1.54, 1.807) is 30.3 Å². The third kappa shape index (κ3) is 3.60. The number of amides is 2. The lowest BCUT2D eigenvalue weighted by Crippen LogP contribution is -2.52. The van der Waals surface area contributed by atoms with Crippen molar-refractivity contribution in [3.8, 4) is 0 Å². The predicted molar refractivity (Wildman–Crippen MR) is 85.8 cm³/mol. The van der Waals surface area contributed by atoms with Crippen molar-refractivity contribution in [3.05, 3.63) is 18.5 Å². The van der Waals surface area contributed by atoms with Crippen LogP contribution < -0.4 is 4.90 Å². The summed E-state index contributed by atoms with van der Waals surface area (Å²) < 4.78 is 0. The summed E-state index contributed by atoms with van der Waals surface area (Å²) in [6.07, 6.45) is 5.16. The van der Waals surface area contributed by atoms with Crippen LogP contribution in [0.5, 0.6) is 0 Å². The summed E-state index contributed by atoms with van der Waals surface area (Å²) in [5.41, 5.74) is 0. The molecule has 2 aliphatic heterocycles. The van der Waals surface area contributed by atoms with E-state index in [0.717, 1.165) is 31.9 Å². The molecule has 3 heterocycles. The average molecular weight is 317 g/mol. The SMILES string of the molecule is CC(=O)N1CCN(C(=O)C2CCN(c3ncccn3)CC2)CC1. The molecule has 7 nitrogen and oxygen atoms in total. The molecule has 0 unspecified atom stereocenters. The predicted octanol–water partition coefficient (Wildman–Crippen LogP) is 0.384. The van der Waals surface area contributed by atoms with Crippen LogP contribution in [0.15, 0.2) is 18.5 Å². The second-order valence-electron chi connectivity index (χ2n) is 6.14. The van der Waals surface area contributed by atoms with Crippen molar-refractivity contribution in [2.24, 2.45) is 5.92 Å². The molecule has 0 aliphatic carbocycles. The third-order valence-corrected chi connectivity index (χ3v) is 4.72. The second-order valence-corrected chi connectivity index (χ2v) is 6.14. The van der Waals surface area contributed by atoms with Crippen molar-refractivity contribution in [1.82, 2.24) is 19.8 Å². The Balaban J connectivity index is 1.50. The maximum absolute atomic E-state index is 12.6. The van der Waals surface area contributed by atoms with Crippen LogP contribution in [-0.4, -0.2) is 70.9 Å². The van der Waals surface area contributed by atoms with Gasteiger partial charge in [-0.1, -0.05) is 0 Å². The minimum Gasteiger partial charge on any atom is -0.341 e. The van der Waals surface area contributed by atoms with Crippen molar-refractivity contribution in [3.63, 3.8) is 0 Å². The molecule has 2 amide bonds. The molecule has 1 aromatic heterocycles. The summed E-state index contributed by atoms with van der Waals surface area (Å²) in [6.45, 7) is 5.82. The number of hydrogen-bond donors (Lipinski definition) is 0. The average Bonchev–Trinajstić information content (AvgIpc) is 2.62.